The highest BCUT2D eigenvalue weighted by atomic mass is 32.1. The van der Waals surface area contributed by atoms with Crippen LogP contribution in [0.1, 0.15) is 36.9 Å². The van der Waals surface area contributed by atoms with Gasteiger partial charge in [0.2, 0.25) is 0 Å². The van der Waals surface area contributed by atoms with E-state index in [1.54, 1.807) is 11.3 Å². The van der Waals surface area contributed by atoms with E-state index in [-0.39, 0.29) is 23.9 Å². The largest absolute Gasteiger partial charge is 0.337 e. The lowest BCUT2D eigenvalue weighted by atomic mass is 10.1. The molecule has 8 heteroatoms. The predicted octanol–water partition coefficient (Wildman–Crippen LogP) is 3.04. The minimum absolute atomic E-state index is 0.0248. The maximum atomic E-state index is 13.1. The molecule has 0 saturated carbocycles. The summed E-state index contributed by atoms with van der Waals surface area (Å²) < 4.78 is 2.04. The van der Waals surface area contributed by atoms with Crippen molar-refractivity contribution in [1.82, 2.24) is 19.4 Å². The maximum absolute atomic E-state index is 13.1. The molecule has 27 heavy (non-hydrogen) atoms. The summed E-state index contributed by atoms with van der Waals surface area (Å²) in [6, 6.07) is 7.89. The number of hydrogen-bond acceptors (Lipinski definition) is 5. The van der Waals surface area contributed by atoms with Gasteiger partial charge in [0.25, 0.3) is 11.8 Å². The molecule has 3 aromatic heterocycles. The highest BCUT2D eigenvalue weighted by Gasteiger charge is 2.46. The Morgan fingerprint density at radius 2 is 2.07 bits per heavy atom. The minimum Gasteiger partial charge on any atom is -0.337 e. The van der Waals surface area contributed by atoms with E-state index in [1.807, 2.05) is 56.4 Å². The summed E-state index contributed by atoms with van der Waals surface area (Å²) in [5, 5.41) is 4.73. The highest BCUT2D eigenvalue weighted by molar-refractivity contribution is 7.10. The van der Waals surface area contributed by atoms with E-state index in [9.17, 15) is 9.59 Å². The summed E-state index contributed by atoms with van der Waals surface area (Å²) >= 11 is 3.14. The Morgan fingerprint density at radius 3 is 2.81 bits per heavy atom. The molecule has 0 bridgehead atoms. The number of carbonyl (C=O) groups is 2. The number of thiophene rings is 1. The van der Waals surface area contributed by atoms with E-state index >= 15 is 0 Å². The van der Waals surface area contributed by atoms with Crippen molar-refractivity contribution in [2.75, 3.05) is 13.1 Å². The summed E-state index contributed by atoms with van der Waals surface area (Å²) in [7, 11) is 0. The lowest BCUT2D eigenvalue weighted by Crippen LogP contribution is -2.49. The number of amides is 2. The van der Waals surface area contributed by atoms with Crippen LogP contribution < -0.4 is 0 Å². The van der Waals surface area contributed by atoms with E-state index in [1.165, 1.54) is 11.3 Å². The molecule has 0 aliphatic carbocycles. The molecule has 2 atom stereocenters. The number of thiazole rings is 1. The third kappa shape index (κ3) is 2.71. The second kappa shape index (κ2) is 6.31. The smallest absolute Gasteiger partial charge is 0.273 e. The van der Waals surface area contributed by atoms with Crippen LogP contribution in [0.25, 0.3) is 0 Å². The van der Waals surface area contributed by atoms with Crippen LogP contribution in [0.15, 0.2) is 41.2 Å². The third-order valence-electron chi connectivity index (χ3n) is 5.31. The molecule has 0 spiro atoms. The van der Waals surface area contributed by atoms with Gasteiger partial charge >= 0.3 is 0 Å². The van der Waals surface area contributed by atoms with Crippen LogP contribution in [0, 0.1) is 6.92 Å². The van der Waals surface area contributed by atoms with Crippen LogP contribution in [0.2, 0.25) is 0 Å². The number of likely N-dealkylation sites (tertiary alicyclic amines) is 1. The second-order valence-electron chi connectivity index (χ2n) is 6.91. The molecule has 0 unspecified atom stereocenters. The monoisotopic (exact) mass is 398 g/mol. The maximum Gasteiger partial charge on any atom is 0.273 e. The molecule has 0 radical (unpaired) electrons. The first kappa shape index (κ1) is 16.7. The number of nitrogens with zero attached hydrogens (tertiary/aromatic N) is 4. The van der Waals surface area contributed by atoms with Gasteiger partial charge in [-0.1, -0.05) is 6.07 Å². The van der Waals surface area contributed by atoms with E-state index in [2.05, 4.69) is 11.1 Å². The molecule has 1 fully saturated rings. The van der Waals surface area contributed by atoms with Gasteiger partial charge in [-0.05, 0) is 30.5 Å². The van der Waals surface area contributed by atoms with Crippen molar-refractivity contribution in [3.63, 3.8) is 0 Å². The first-order valence-corrected chi connectivity index (χ1v) is 10.6. The number of fused-ring (bicyclic) bond motifs is 3. The lowest BCUT2D eigenvalue weighted by molar-refractivity contribution is 0.0553. The molecule has 6 nitrogen and oxygen atoms in total. The van der Waals surface area contributed by atoms with Gasteiger partial charge in [-0.25, -0.2) is 4.98 Å². The van der Waals surface area contributed by atoms with Crippen LogP contribution in [0.5, 0.6) is 0 Å². The van der Waals surface area contributed by atoms with Crippen molar-refractivity contribution < 1.29 is 9.59 Å². The van der Waals surface area contributed by atoms with Gasteiger partial charge in [-0.15, -0.1) is 22.7 Å². The Balaban J connectivity index is 1.47. The van der Waals surface area contributed by atoms with Gasteiger partial charge in [0.05, 0.1) is 23.6 Å². The van der Waals surface area contributed by atoms with Gasteiger partial charge in [0, 0.05) is 29.5 Å². The normalized spacial score (nSPS) is 21.4. The van der Waals surface area contributed by atoms with E-state index in [0.29, 0.717) is 31.0 Å². The summed E-state index contributed by atoms with van der Waals surface area (Å²) in [6.45, 7) is 3.62. The number of carbonyl (C=O) groups excluding carboxylic acids is 2. The molecule has 0 aromatic carbocycles. The van der Waals surface area contributed by atoms with Crippen molar-refractivity contribution in [2.45, 2.75) is 25.6 Å². The topological polar surface area (TPSA) is 58.4 Å². The molecule has 2 amide bonds. The minimum atomic E-state index is -0.0500. The van der Waals surface area contributed by atoms with E-state index < -0.39 is 0 Å². The average molecular weight is 399 g/mol. The van der Waals surface area contributed by atoms with Crippen molar-refractivity contribution in [2.24, 2.45) is 0 Å². The van der Waals surface area contributed by atoms with Gasteiger partial charge in [-0.2, -0.15) is 0 Å². The van der Waals surface area contributed by atoms with E-state index in [4.69, 9.17) is 0 Å². The zero-order valence-electron chi connectivity index (χ0n) is 14.7. The molecular formula is C19H18N4O2S2. The van der Waals surface area contributed by atoms with Crippen LogP contribution in [-0.4, -0.2) is 50.3 Å². The molecule has 5 rings (SSSR count). The number of aryl methyl sites for hydroxylation is 1. The van der Waals surface area contributed by atoms with Crippen LogP contribution in [0.4, 0.5) is 0 Å². The molecule has 5 heterocycles. The van der Waals surface area contributed by atoms with E-state index in [0.717, 1.165) is 9.88 Å². The Labute approximate surface area is 164 Å². The van der Waals surface area contributed by atoms with Crippen molar-refractivity contribution in [1.29, 1.82) is 0 Å². The quantitative estimate of drug-likeness (QED) is 0.681. The molecule has 3 aromatic rings. The van der Waals surface area contributed by atoms with Gasteiger partial charge in [0.1, 0.15) is 11.4 Å². The van der Waals surface area contributed by atoms with Gasteiger partial charge in [-0.3, -0.25) is 9.59 Å². The van der Waals surface area contributed by atoms with Crippen molar-refractivity contribution >= 4 is 34.5 Å². The Bertz CT molecular complexity index is 1010. The fraction of sp³-hybridized carbons (Fsp3) is 0.316. The third-order valence-corrected chi connectivity index (χ3v) is 6.94. The molecule has 138 valence electrons. The zero-order valence-corrected chi connectivity index (χ0v) is 16.4. The lowest BCUT2D eigenvalue weighted by Gasteiger charge is -2.37. The summed E-state index contributed by atoms with van der Waals surface area (Å²) in [5.41, 5.74) is 1.20. The molecule has 2 aliphatic heterocycles. The first-order chi connectivity index (χ1) is 13.1. The Kier molecular flexibility index (Phi) is 3.91. The van der Waals surface area contributed by atoms with Crippen LogP contribution in [0.3, 0.4) is 0 Å². The number of aromatic nitrogens is 2. The van der Waals surface area contributed by atoms with Crippen molar-refractivity contribution in [3.8, 4) is 0 Å². The average Bonchev–Trinajstić information content (AvgIpc) is 3.43. The summed E-state index contributed by atoms with van der Waals surface area (Å²) in [6.07, 6.45) is 1.95. The zero-order chi connectivity index (χ0) is 18.5. The summed E-state index contributed by atoms with van der Waals surface area (Å²) in [5.74, 6) is -0.0144. The first-order valence-electron chi connectivity index (χ1n) is 8.83. The fourth-order valence-corrected chi connectivity index (χ4v) is 5.35. The molecular weight excluding hydrogens is 380 g/mol. The fourth-order valence-electron chi connectivity index (χ4n) is 4.06. The Hall–Kier alpha value is -2.45. The molecule has 1 saturated heterocycles. The molecule has 2 aliphatic rings. The molecule has 0 N–H and O–H groups in total. The second-order valence-corrected chi connectivity index (χ2v) is 9.00. The standard InChI is InChI=1S/C19H18N4O2S2/c1-12-20-14(11-27-12)18(24)21-9-16-17(10-21)23(8-13-4-3-7-26-13)19(25)15-5-2-6-22(15)16/h2-7,11,16-17H,8-10H2,1H3/t16-,17+/m0/s1. The van der Waals surface area contributed by atoms with Gasteiger partial charge in [0.15, 0.2) is 0 Å². The number of hydrogen-bond donors (Lipinski definition) is 0. The Morgan fingerprint density at radius 1 is 1.22 bits per heavy atom. The predicted molar refractivity (Wildman–Crippen MR) is 104 cm³/mol. The highest BCUT2D eigenvalue weighted by Crippen LogP contribution is 2.35. The summed E-state index contributed by atoms with van der Waals surface area (Å²) in [4.78, 5) is 35.3. The SMILES string of the molecule is Cc1nc(C(=O)N2C[C@@H]3[C@H](C2)n2cccc2C(=O)N3Cc2cccs2)cs1. The van der Waals surface area contributed by atoms with Crippen molar-refractivity contribution in [3.05, 3.63) is 62.5 Å². The van der Waals surface area contributed by atoms with Gasteiger partial charge < -0.3 is 14.4 Å². The van der Waals surface area contributed by atoms with Crippen LogP contribution >= 0.6 is 22.7 Å². The number of rotatable bonds is 3. The van der Waals surface area contributed by atoms with Crippen LogP contribution in [-0.2, 0) is 6.54 Å².